The number of hydrogen-bond donors (Lipinski definition) is 2. The zero-order chi connectivity index (χ0) is 13.8. The molecular weight excluding hydrogens is 276 g/mol. The smallest absolute Gasteiger partial charge is 0.242 e. The van der Waals surface area contributed by atoms with Crippen molar-refractivity contribution in [1.29, 1.82) is 0 Å². The summed E-state index contributed by atoms with van der Waals surface area (Å²) in [5.41, 5.74) is 0.503. The van der Waals surface area contributed by atoms with Crippen molar-refractivity contribution in [3.8, 4) is 0 Å². The first-order valence-corrected chi connectivity index (χ1v) is 7.33. The second-order valence-corrected chi connectivity index (χ2v) is 6.05. The molecule has 0 bridgehead atoms. The van der Waals surface area contributed by atoms with Crippen LogP contribution in [-0.4, -0.2) is 26.2 Å². The van der Waals surface area contributed by atoms with E-state index in [2.05, 4.69) is 10.0 Å². The summed E-state index contributed by atoms with van der Waals surface area (Å²) in [5.74, 6) is -0.334. The van der Waals surface area contributed by atoms with Crippen molar-refractivity contribution in [3.63, 3.8) is 0 Å². The molecule has 1 atom stereocenters. The molecule has 0 aliphatic heterocycles. The molecule has 100 valence electrons. The van der Waals surface area contributed by atoms with Gasteiger partial charge in [-0.05, 0) is 31.2 Å². The Morgan fingerprint density at radius 1 is 1.33 bits per heavy atom. The van der Waals surface area contributed by atoms with Gasteiger partial charge in [-0.2, -0.15) is 0 Å². The van der Waals surface area contributed by atoms with Gasteiger partial charge in [0.15, 0.2) is 0 Å². The number of anilines is 1. The minimum Gasteiger partial charge on any atom is -0.325 e. The normalized spacial score (nSPS) is 13.1. The Balaban J connectivity index is 2.84. The van der Waals surface area contributed by atoms with Gasteiger partial charge in [0.2, 0.25) is 15.9 Å². The third kappa shape index (κ3) is 3.97. The lowest BCUT2D eigenvalue weighted by molar-refractivity contribution is -0.115. The van der Waals surface area contributed by atoms with Crippen LogP contribution in [0, 0.1) is 0 Å². The van der Waals surface area contributed by atoms with E-state index in [1.165, 1.54) is 24.3 Å². The van der Waals surface area contributed by atoms with Gasteiger partial charge < -0.3 is 5.32 Å². The zero-order valence-electron chi connectivity index (χ0n) is 10.1. The van der Waals surface area contributed by atoms with Gasteiger partial charge in [-0.15, -0.1) is 11.6 Å². The summed E-state index contributed by atoms with van der Waals surface area (Å²) in [6, 6.07) is 5.88. The molecule has 1 aromatic rings. The molecule has 0 radical (unpaired) electrons. The van der Waals surface area contributed by atoms with Crippen LogP contribution in [0.2, 0.25) is 0 Å². The van der Waals surface area contributed by atoms with Gasteiger partial charge in [0.1, 0.15) is 5.38 Å². The van der Waals surface area contributed by atoms with E-state index in [-0.39, 0.29) is 10.8 Å². The van der Waals surface area contributed by atoms with E-state index >= 15 is 0 Å². The van der Waals surface area contributed by atoms with E-state index in [0.29, 0.717) is 12.2 Å². The molecule has 0 unspecified atom stereocenters. The second-order valence-electron chi connectivity index (χ2n) is 3.63. The summed E-state index contributed by atoms with van der Waals surface area (Å²) < 4.78 is 25.7. The molecule has 7 heteroatoms. The first-order valence-electron chi connectivity index (χ1n) is 5.41. The molecule has 0 heterocycles. The molecule has 0 spiro atoms. The first-order chi connectivity index (χ1) is 8.36. The molecule has 0 aliphatic rings. The van der Waals surface area contributed by atoms with E-state index in [0.717, 1.165) is 0 Å². The zero-order valence-corrected chi connectivity index (χ0v) is 11.7. The number of carbonyl (C=O) groups excluding carboxylic acids is 1. The molecule has 0 saturated heterocycles. The SMILES string of the molecule is CCNS(=O)(=O)c1ccc(NC(=O)[C@@H](C)Cl)cc1. The molecule has 5 nitrogen and oxygen atoms in total. The van der Waals surface area contributed by atoms with Gasteiger partial charge >= 0.3 is 0 Å². The van der Waals surface area contributed by atoms with Crippen LogP contribution in [0.1, 0.15) is 13.8 Å². The third-order valence-corrected chi connectivity index (χ3v) is 3.89. The molecule has 1 aromatic carbocycles. The lowest BCUT2D eigenvalue weighted by Gasteiger charge is -2.08. The molecule has 0 saturated carbocycles. The maximum atomic E-state index is 11.7. The predicted octanol–water partition coefficient (Wildman–Crippen LogP) is 1.55. The van der Waals surface area contributed by atoms with E-state index in [4.69, 9.17) is 11.6 Å². The Kier molecular flexibility index (Phi) is 5.13. The Bertz CT molecular complexity index is 512. The van der Waals surface area contributed by atoms with Crippen molar-refractivity contribution in [2.24, 2.45) is 0 Å². The molecule has 0 fully saturated rings. The van der Waals surface area contributed by atoms with Crippen LogP contribution in [0.15, 0.2) is 29.2 Å². The van der Waals surface area contributed by atoms with Crippen molar-refractivity contribution in [1.82, 2.24) is 4.72 Å². The number of halogens is 1. The fourth-order valence-corrected chi connectivity index (χ4v) is 2.33. The number of benzene rings is 1. The van der Waals surface area contributed by atoms with Crippen molar-refractivity contribution < 1.29 is 13.2 Å². The monoisotopic (exact) mass is 290 g/mol. The van der Waals surface area contributed by atoms with Crippen molar-refractivity contribution in [3.05, 3.63) is 24.3 Å². The van der Waals surface area contributed by atoms with Crippen molar-refractivity contribution >= 4 is 33.2 Å². The van der Waals surface area contributed by atoms with E-state index in [9.17, 15) is 13.2 Å². The molecule has 1 rings (SSSR count). The van der Waals surface area contributed by atoms with Crippen LogP contribution in [-0.2, 0) is 14.8 Å². The minimum absolute atomic E-state index is 0.154. The summed E-state index contributed by atoms with van der Waals surface area (Å²) in [6.45, 7) is 3.58. The number of alkyl halides is 1. The molecule has 1 amide bonds. The van der Waals surface area contributed by atoms with Crippen LogP contribution in [0.25, 0.3) is 0 Å². The number of sulfonamides is 1. The van der Waals surface area contributed by atoms with Crippen LogP contribution in [0.5, 0.6) is 0 Å². The Hall–Kier alpha value is -1.11. The second kappa shape index (κ2) is 6.17. The summed E-state index contributed by atoms with van der Waals surface area (Å²) in [5, 5.41) is 1.92. The highest BCUT2D eigenvalue weighted by Crippen LogP contribution is 2.14. The Morgan fingerprint density at radius 2 is 1.89 bits per heavy atom. The van der Waals surface area contributed by atoms with Gasteiger partial charge in [0.05, 0.1) is 4.90 Å². The van der Waals surface area contributed by atoms with Gasteiger partial charge in [-0.25, -0.2) is 13.1 Å². The maximum Gasteiger partial charge on any atom is 0.242 e. The minimum atomic E-state index is -3.46. The summed E-state index contributed by atoms with van der Waals surface area (Å²) in [7, 11) is -3.46. The van der Waals surface area contributed by atoms with Gasteiger partial charge in [-0.1, -0.05) is 6.92 Å². The van der Waals surface area contributed by atoms with E-state index in [1.807, 2.05) is 0 Å². The predicted molar refractivity (Wildman–Crippen MR) is 71.2 cm³/mol. The average Bonchev–Trinajstić information content (AvgIpc) is 2.29. The summed E-state index contributed by atoms with van der Waals surface area (Å²) in [4.78, 5) is 11.5. The number of hydrogen-bond acceptors (Lipinski definition) is 3. The Labute approximate surface area is 112 Å². The number of nitrogens with one attached hydrogen (secondary N) is 2. The third-order valence-electron chi connectivity index (χ3n) is 2.13. The van der Waals surface area contributed by atoms with Gasteiger partial charge in [-0.3, -0.25) is 4.79 Å². The molecule has 18 heavy (non-hydrogen) atoms. The highest BCUT2D eigenvalue weighted by atomic mass is 35.5. The van der Waals surface area contributed by atoms with Crippen molar-refractivity contribution in [2.45, 2.75) is 24.1 Å². The standard InChI is InChI=1S/C11H15ClN2O3S/c1-3-13-18(16,17)10-6-4-9(5-7-10)14-11(15)8(2)12/h4-8,13H,3H2,1-2H3,(H,14,15)/t8-/m1/s1. The van der Waals surface area contributed by atoms with Crippen LogP contribution in [0.4, 0.5) is 5.69 Å². The summed E-state index contributed by atoms with van der Waals surface area (Å²) >= 11 is 5.61. The fourth-order valence-electron chi connectivity index (χ4n) is 1.23. The molecular formula is C11H15ClN2O3S. The van der Waals surface area contributed by atoms with Crippen LogP contribution >= 0.6 is 11.6 Å². The molecule has 2 N–H and O–H groups in total. The number of rotatable bonds is 5. The molecule has 0 aliphatic carbocycles. The lowest BCUT2D eigenvalue weighted by atomic mass is 10.3. The largest absolute Gasteiger partial charge is 0.325 e. The quantitative estimate of drug-likeness (QED) is 0.808. The van der Waals surface area contributed by atoms with Crippen LogP contribution in [0.3, 0.4) is 0 Å². The fraction of sp³-hybridized carbons (Fsp3) is 0.364. The average molecular weight is 291 g/mol. The molecule has 0 aromatic heterocycles. The van der Waals surface area contributed by atoms with Crippen LogP contribution < -0.4 is 10.0 Å². The first kappa shape index (κ1) is 14.9. The van der Waals surface area contributed by atoms with E-state index < -0.39 is 15.4 Å². The highest BCUT2D eigenvalue weighted by molar-refractivity contribution is 7.89. The highest BCUT2D eigenvalue weighted by Gasteiger charge is 2.13. The van der Waals surface area contributed by atoms with Crippen molar-refractivity contribution in [2.75, 3.05) is 11.9 Å². The number of carbonyl (C=O) groups is 1. The van der Waals surface area contributed by atoms with Gasteiger partial charge in [0.25, 0.3) is 0 Å². The lowest BCUT2D eigenvalue weighted by Crippen LogP contribution is -2.23. The Morgan fingerprint density at radius 3 is 2.33 bits per heavy atom. The van der Waals surface area contributed by atoms with E-state index in [1.54, 1.807) is 13.8 Å². The van der Waals surface area contributed by atoms with Gasteiger partial charge in [0, 0.05) is 12.2 Å². The number of amides is 1. The summed E-state index contributed by atoms with van der Waals surface area (Å²) in [6.07, 6.45) is 0. The maximum absolute atomic E-state index is 11.7. The topological polar surface area (TPSA) is 75.3 Å².